The minimum atomic E-state index is -0.948. The van der Waals surface area contributed by atoms with Crippen LogP contribution in [-0.4, -0.2) is 60.7 Å². The Labute approximate surface area is 242 Å². The van der Waals surface area contributed by atoms with Gasteiger partial charge in [-0.05, 0) is 85.3 Å². The predicted molar refractivity (Wildman–Crippen MR) is 160 cm³/mol. The lowest BCUT2D eigenvalue weighted by atomic mass is 9.97. The number of carbonyl (C=O) groups is 2. The third-order valence-corrected chi connectivity index (χ3v) is 6.84. The van der Waals surface area contributed by atoms with E-state index < -0.39 is 12.1 Å². The summed E-state index contributed by atoms with van der Waals surface area (Å²) in [4.78, 5) is 28.4. The number of benzene rings is 3. The van der Waals surface area contributed by atoms with Crippen molar-refractivity contribution in [2.75, 3.05) is 26.7 Å². The molecule has 0 aliphatic carbocycles. The fourth-order valence-electron chi connectivity index (χ4n) is 4.85. The van der Waals surface area contributed by atoms with E-state index in [9.17, 15) is 19.1 Å². The first-order valence-corrected chi connectivity index (χ1v) is 14.2. The van der Waals surface area contributed by atoms with E-state index in [1.165, 1.54) is 12.1 Å². The summed E-state index contributed by atoms with van der Waals surface area (Å²) in [5, 5.41) is 17.6. The van der Waals surface area contributed by atoms with E-state index in [4.69, 9.17) is 4.74 Å². The van der Waals surface area contributed by atoms with Gasteiger partial charge in [-0.3, -0.25) is 9.59 Å². The number of methoxy groups -OCH3 is 1. The van der Waals surface area contributed by atoms with Gasteiger partial charge in [0.1, 0.15) is 11.6 Å². The number of halogens is 1. The van der Waals surface area contributed by atoms with Crippen molar-refractivity contribution in [3.63, 3.8) is 0 Å². The van der Waals surface area contributed by atoms with Crippen molar-refractivity contribution in [3.05, 3.63) is 100 Å². The molecule has 0 unspecified atom stereocenters. The third-order valence-electron chi connectivity index (χ3n) is 6.84. The summed E-state index contributed by atoms with van der Waals surface area (Å²) in [6.45, 7) is 7.43. The van der Waals surface area contributed by atoms with Gasteiger partial charge in [-0.1, -0.05) is 38.1 Å². The second-order valence-corrected chi connectivity index (χ2v) is 10.3. The van der Waals surface area contributed by atoms with Crippen LogP contribution < -0.4 is 15.4 Å². The van der Waals surface area contributed by atoms with Gasteiger partial charge in [-0.25, -0.2) is 4.39 Å². The number of aryl methyl sites for hydroxylation is 1. The summed E-state index contributed by atoms with van der Waals surface area (Å²) in [7, 11) is 1.61. The van der Waals surface area contributed by atoms with Crippen molar-refractivity contribution in [1.29, 1.82) is 0 Å². The second-order valence-electron chi connectivity index (χ2n) is 10.3. The summed E-state index contributed by atoms with van der Waals surface area (Å²) in [5.74, 6) is -0.144. The first-order valence-electron chi connectivity index (χ1n) is 14.2. The van der Waals surface area contributed by atoms with Gasteiger partial charge in [0, 0.05) is 37.3 Å². The van der Waals surface area contributed by atoms with Crippen molar-refractivity contribution in [1.82, 2.24) is 15.5 Å². The van der Waals surface area contributed by atoms with Crippen LogP contribution >= 0.6 is 0 Å². The van der Waals surface area contributed by atoms with Crippen molar-refractivity contribution in [3.8, 4) is 5.75 Å². The summed E-state index contributed by atoms with van der Waals surface area (Å²) in [6, 6.07) is 18.4. The molecule has 0 saturated heterocycles. The summed E-state index contributed by atoms with van der Waals surface area (Å²) in [5.41, 5.74) is 3.26. The van der Waals surface area contributed by atoms with E-state index in [0.717, 1.165) is 23.3 Å². The molecule has 0 radical (unpaired) electrons. The van der Waals surface area contributed by atoms with Gasteiger partial charge in [-0.2, -0.15) is 0 Å². The lowest BCUT2D eigenvalue weighted by Gasteiger charge is -2.35. The number of nitrogens with zero attached hydrogens (tertiary/aromatic N) is 1. The Bertz CT molecular complexity index is 1300. The molecule has 41 heavy (non-hydrogen) atoms. The second kappa shape index (κ2) is 15.9. The minimum Gasteiger partial charge on any atom is -0.497 e. The zero-order valence-electron chi connectivity index (χ0n) is 24.5. The maximum absolute atomic E-state index is 14.1. The number of carbonyl (C=O) groups excluding carboxylic acids is 2. The Kier molecular flexibility index (Phi) is 12.3. The van der Waals surface area contributed by atoms with E-state index in [1.807, 2.05) is 45.0 Å². The molecule has 7 nitrogen and oxygen atoms in total. The Balaban J connectivity index is 1.88. The maximum atomic E-state index is 14.1. The van der Waals surface area contributed by atoms with Gasteiger partial charge in [-0.15, -0.1) is 0 Å². The lowest BCUT2D eigenvalue weighted by molar-refractivity contribution is 0.0353. The summed E-state index contributed by atoms with van der Waals surface area (Å²) in [6.07, 6.45) is 0.780. The van der Waals surface area contributed by atoms with E-state index in [1.54, 1.807) is 42.3 Å². The fourth-order valence-corrected chi connectivity index (χ4v) is 4.85. The maximum Gasteiger partial charge on any atom is 0.254 e. The zero-order chi connectivity index (χ0) is 29.8. The predicted octanol–water partition coefficient (Wildman–Crippen LogP) is 4.90. The highest BCUT2D eigenvalue weighted by Crippen LogP contribution is 2.20. The van der Waals surface area contributed by atoms with Gasteiger partial charge in [0.15, 0.2) is 0 Å². The summed E-state index contributed by atoms with van der Waals surface area (Å²) >= 11 is 0. The topological polar surface area (TPSA) is 90.9 Å². The number of ether oxygens (including phenoxy) is 1. The molecule has 2 atom stereocenters. The van der Waals surface area contributed by atoms with E-state index in [0.29, 0.717) is 42.7 Å². The number of rotatable bonds is 15. The van der Waals surface area contributed by atoms with Crippen LogP contribution in [0.3, 0.4) is 0 Å². The monoisotopic (exact) mass is 563 g/mol. The van der Waals surface area contributed by atoms with Gasteiger partial charge in [0.25, 0.3) is 11.8 Å². The highest BCUT2D eigenvalue weighted by atomic mass is 19.1. The molecule has 3 aromatic rings. The van der Waals surface area contributed by atoms with Gasteiger partial charge in [0.05, 0.1) is 19.3 Å². The number of aliphatic hydroxyl groups is 1. The van der Waals surface area contributed by atoms with Crippen LogP contribution in [0.2, 0.25) is 0 Å². The van der Waals surface area contributed by atoms with Crippen molar-refractivity contribution in [2.24, 2.45) is 0 Å². The molecule has 8 heteroatoms. The molecule has 0 heterocycles. The van der Waals surface area contributed by atoms with E-state index in [2.05, 4.69) is 10.6 Å². The van der Waals surface area contributed by atoms with Crippen LogP contribution in [-0.2, 0) is 13.0 Å². The molecule has 220 valence electrons. The molecule has 0 fully saturated rings. The largest absolute Gasteiger partial charge is 0.497 e. The standard InChI is InChI=1S/C33H42FN3O4/c1-5-13-36-32(39)26-15-23(3)16-27(20-26)33(40)37(14-6-2)30(19-24-9-7-11-28(34)17-24)31(38)22-35-21-25-10-8-12-29(18-25)41-4/h7-12,15-18,20,30-31,35,38H,5-6,13-14,19,21-22H2,1-4H3,(H,36,39)/t30-,31+/m0/s1. The van der Waals surface area contributed by atoms with Gasteiger partial charge in [0.2, 0.25) is 0 Å². The SMILES string of the molecule is CCCNC(=O)c1cc(C)cc(C(=O)N(CCC)[C@@H](Cc2cccc(F)c2)[C@H](O)CNCc2cccc(OC)c2)c1. The van der Waals surface area contributed by atoms with E-state index in [-0.39, 0.29) is 30.6 Å². The van der Waals surface area contributed by atoms with E-state index >= 15 is 0 Å². The Morgan fingerprint density at radius 1 is 0.976 bits per heavy atom. The molecule has 3 aromatic carbocycles. The number of nitrogens with one attached hydrogen (secondary N) is 2. The molecule has 3 N–H and O–H groups in total. The average Bonchev–Trinajstić information content (AvgIpc) is 2.97. The minimum absolute atomic E-state index is 0.211. The van der Waals surface area contributed by atoms with Crippen LogP contribution in [0.4, 0.5) is 4.39 Å². The molecule has 0 spiro atoms. The molecular weight excluding hydrogens is 521 g/mol. The van der Waals surface area contributed by atoms with Crippen molar-refractivity contribution < 1.29 is 23.8 Å². The first kappa shape index (κ1) is 31.8. The number of hydrogen-bond acceptors (Lipinski definition) is 5. The smallest absolute Gasteiger partial charge is 0.254 e. The Morgan fingerprint density at radius 2 is 1.71 bits per heavy atom. The van der Waals surface area contributed by atoms with Crippen LogP contribution in [0.25, 0.3) is 0 Å². The lowest BCUT2D eigenvalue weighted by Crippen LogP contribution is -2.51. The van der Waals surface area contributed by atoms with Crippen LogP contribution in [0.5, 0.6) is 5.75 Å². The Morgan fingerprint density at radius 3 is 2.41 bits per heavy atom. The molecule has 0 aliphatic heterocycles. The number of amides is 2. The normalized spacial score (nSPS) is 12.4. The molecular formula is C33H42FN3O4. The number of hydrogen-bond donors (Lipinski definition) is 3. The zero-order valence-corrected chi connectivity index (χ0v) is 24.5. The van der Waals surface area contributed by atoms with Crippen LogP contribution in [0.1, 0.15) is 64.1 Å². The fraction of sp³-hybridized carbons (Fsp3) is 0.394. The molecule has 2 amide bonds. The van der Waals surface area contributed by atoms with Gasteiger partial charge < -0.3 is 25.4 Å². The average molecular weight is 564 g/mol. The number of aliphatic hydroxyl groups excluding tert-OH is 1. The molecule has 0 aliphatic rings. The Hall–Kier alpha value is -3.75. The molecule has 0 bridgehead atoms. The molecule has 0 saturated carbocycles. The quantitative estimate of drug-likeness (QED) is 0.245. The molecule has 3 rings (SSSR count). The van der Waals surface area contributed by atoms with Crippen molar-refractivity contribution in [2.45, 2.75) is 58.7 Å². The third kappa shape index (κ3) is 9.40. The van der Waals surface area contributed by atoms with Crippen molar-refractivity contribution >= 4 is 11.8 Å². The summed E-state index contributed by atoms with van der Waals surface area (Å²) < 4.78 is 19.4. The molecule has 0 aromatic heterocycles. The highest BCUT2D eigenvalue weighted by Gasteiger charge is 2.31. The van der Waals surface area contributed by atoms with Crippen LogP contribution in [0.15, 0.2) is 66.7 Å². The highest BCUT2D eigenvalue weighted by molar-refractivity contribution is 6.00. The van der Waals surface area contributed by atoms with Crippen LogP contribution in [0, 0.1) is 12.7 Å². The first-order chi connectivity index (χ1) is 19.7. The van der Waals surface area contributed by atoms with Gasteiger partial charge >= 0.3 is 0 Å².